The number of fused-ring (bicyclic) bond motifs is 9. The van der Waals surface area contributed by atoms with Crippen LogP contribution in [-0.2, 0) is 0 Å². The van der Waals surface area contributed by atoms with E-state index >= 15 is 0 Å². The number of hydrogen-bond acceptors (Lipinski definition) is 2. The highest BCUT2D eigenvalue weighted by Crippen LogP contribution is 2.47. The first-order chi connectivity index (χ1) is 32.7. The third-order valence-corrected chi connectivity index (χ3v) is 13.4. The summed E-state index contributed by atoms with van der Waals surface area (Å²) < 4.78 is 6.73. The van der Waals surface area contributed by atoms with E-state index in [1.807, 2.05) is 6.07 Å². The highest BCUT2D eigenvalue weighted by molar-refractivity contribution is 6.22. The van der Waals surface area contributed by atoms with E-state index in [-0.39, 0.29) is 0 Å². The van der Waals surface area contributed by atoms with Crippen LogP contribution in [0.3, 0.4) is 0 Å². The molecule has 0 radical (unpaired) electrons. The molecule has 1 aromatic heterocycles. The van der Waals surface area contributed by atoms with E-state index < -0.39 is 0 Å². The molecule has 0 fully saturated rings. The van der Waals surface area contributed by atoms with E-state index in [9.17, 15) is 0 Å². The minimum Gasteiger partial charge on any atom is -0.454 e. The Labute approximate surface area is 382 Å². The molecule has 0 atom stereocenters. The summed E-state index contributed by atoms with van der Waals surface area (Å²) in [6.45, 7) is 0. The highest BCUT2D eigenvalue weighted by atomic mass is 16.3. The molecule has 0 bridgehead atoms. The lowest BCUT2D eigenvalue weighted by molar-refractivity contribution is 0.669. The first-order valence-electron chi connectivity index (χ1n) is 22.7. The summed E-state index contributed by atoms with van der Waals surface area (Å²) in [7, 11) is 0. The summed E-state index contributed by atoms with van der Waals surface area (Å²) in [6, 6.07) is 90.2. The molecule has 13 aromatic rings. The topological polar surface area (TPSA) is 16.4 Å². The number of hydrogen-bond donors (Lipinski definition) is 0. The van der Waals surface area contributed by atoms with Crippen LogP contribution in [-0.4, -0.2) is 0 Å². The van der Waals surface area contributed by atoms with Gasteiger partial charge in [0, 0.05) is 22.1 Å². The third-order valence-electron chi connectivity index (χ3n) is 13.4. The molecule has 0 unspecified atom stereocenters. The van der Waals surface area contributed by atoms with Gasteiger partial charge in [0.2, 0.25) is 0 Å². The molecule has 1 heterocycles. The minimum absolute atomic E-state index is 0.855. The highest BCUT2D eigenvalue weighted by Gasteiger charge is 2.22. The van der Waals surface area contributed by atoms with Gasteiger partial charge >= 0.3 is 0 Å². The standard InChI is InChI=1S/C64H41NO/c1-3-16-44(17-4-1)62-57-25-10-9-23-54(57)55-38-34-48(41-59(55)63(62)45-18-5-2-6-19-45)46-20-13-21-51(40-46)65(60-27-14-26-58-56-24-11-12-28-61(56)66-64(58)60)50-35-31-42(32-36-50)47-33-37-53-49(39-47)30-29-43-15-7-8-22-52(43)53/h1-41H. The Morgan fingerprint density at radius 3 is 1.58 bits per heavy atom. The van der Waals surface area contributed by atoms with Crippen molar-refractivity contribution in [2.45, 2.75) is 0 Å². The average molecular weight is 840 g/mol. The van der Waals surface area contributed by atoms with Gasteiger partial charge in [0.25, 0.3) is 0 Å². The molecule has 13 rings (SSSR count). The van der Waals surface area contributed by atoms with Gasteiger partial charge in [0.05, 0.1) is 5.69 Å². The molecule has 0 spiro atoms. The van der Waals surface area contributed by atoms with E-state index in [4.69, 9.17) is 4.42 Å². The van der Waals surface area contributed by atoms with Crippen LogP contribution >= 0.6 is 0 Å². The Kier molecular flexibility index (Phi) is 8.89. The van der Waals surface area contributed by atoms with Gasteiger partial charge in [-0.1, -0.05) is 200 Å². The number of nitrogens with zero attached hydrogens (tertiary/aromatic N) is 1. The maximum absolute atomic E-state index is 6.73. The molecule has 0 aliphatic rings. The van der Waals surface area contributed by atoms with Crippen LogP contribution in [0.1, 0.15) is 0 Å². The lowest BCUT2D eigenvalue weighted by Crippen LogP contribution is -2.10. The number of benzene rings is 12. The van der Waals surface area contributed by atoms with Gasteiger partial charge in [-0.25, -0.2) is 0 Å². The van der Waals surface area contributed by atoms with Crippen LogP contribution in [0.5, 0.6) is 0 Å². The first kappa shape index (κ1) is 37.8. The van der Waals surface area contributed by atoms with Crippen molar-refractivity contribution in [1.29, 1.82) is 0 Å². The molecule has 0 aliphatic heterocycles. The van der Waals surface area contributed by atoms with E-state index in [2.05, 4.69) is 248 Å². The second kappa shape index (κ2) is 15.5. The van der Waals surface area contributed by atoms with Crippen LogP contribution in [0, 0.1) is 0 Å². The second-order valence-corrected chi connectivity index (χ2v) is 17.2. The molecule has 308 valence electrons. The molecule has 0 N–H and O–H groups in total. The third kappa shape index (κ3) is 6.26. The summed E-state index contributed by atoms with van der Waals surface area (Å²) in [5, 5.41) is 12.2. The molecule has 0 saturated carbocycles. The predicted molar refractivity (Wildman–Crippen MR) is 280 cm³/mol. The van der Waals surface area contributed by atoms with Crippen molar-refractivity contribution in [3.8, 4) is 44.5 Å². The number of rotatable bonds is 7. The maximum atomic E-state index is 6.73. The van der Waals surface area contributed by atoms with Gasteiger partial charge in [-0.05, 0) is 136 Å². The van der Waals surface area contributed by atoms with Crippen molar-refractivity contribution >= 4 is 82.1 Å². The zero-order valence-electron chi connectivity index (χ0n) is 36.0. The Morgan fingerprint density at radius 1 is 0.258 bits per heavy atom. The van der Waals surface area contributed by atoms with Gasteiger partial charge in [0.1, 0.15) is 5.58 Å². The van der Waals surface area contributed by atoms with Crippen LogP contribution < -0.4 is 4.90 Å². The van der Waals surface area contributed by atoms with Crippen molar-refractivity contribution in [2.24, 2.45) is 0 Å². The van der Waals surface area contributed by atoms with E-state index in [1.165, 1.54) is 70.9 Å². The number of para-hydroxylation sites is 2. The lowest BCUT2D eigenvalue weighted by atomic mass is 9.84. The Balaban J connectivity index is 0.980. The predicted octanol–water partition coefficient (Wildman–Crippen LogP) is 18.3. The molecule has 0 saturated heterocycles. The zero-order valence-corrected chi connectivity index (χ0v) is 36.0. The second-order valence-electron chi connectivity index (χ2n) is 17.2. The lowest BCUT2D eigenvalue weighted by Gasteiger charge is -2.26. The fourth-order valence-corrected chi connectivity index (χ4v) is 10.3. The first-order valence-corrected chi connectivity index (χ1v) is 22.7. The summed E-state index contributed by atoms with van der Waals surface area (Å²) in [5.74, 6) is 0. The molecule has 0 amide bonds. The quantitative estimate of drug-likeness (QED) is 0.149. The van der Waals surface area contributed by atoms with Gasteiger partial charge in [-0.15, -0.1) is 0 Å². The molecular formula is C64H41NO. The van der Waals surface area contributed by atoms with E-state index in [1.54, 1.807) is 0 Å². The molecule has 12 aromatic carbocycles. The smallest absolute Gasteiger partial charge is 0.159 e. The average Bonchev–Trinajstić information content (AvgIpc) is 3.78. The fraction of sp³-hybridized carbons (Fsp3) is 0. The zero-order chi connectivity index (χ0) is 43.6. The summed E-state index contributed by atoms with van der Waals surface area (Å²) in [5.41, 5.74) is 14.3. The van der Waals surface area contributed by atoms with Gasteiger partial charge in [-0.3, -0.25) is 0 Å². The Morgan fingerprint density at radius 2 is 0.788 bits per heavy atom. The normalized spacial score (nSPS) is 11.6. The van der Waals surface area contributed by atoms with Gasteiger partial charge in [0.15, 0.2) is 5.58 Å². The van der Waals surface area contributed by atoms with Crippen molar-refractivity contribution < 1.29 is 4.42 Å². The molecule has 66 heavy (non-hydrogen) atoms. The van der Waals surface area contributed by atoms with Crippen molar-refractivity contribution in [2.75, 3.05) is 4.90 Å². The van der Waals surface area contributed by atoms with E-state index in [0.29, 0.717) is 0 Å². The molecular weight excluding hydrogens is 799 g/mol. The van der Waals surface area contributed by atoms with E-state index in [0.717, 1.165) is 55.7 Å². The van der Waals surface area contributed by atoms with Crippen molar-refractivity contribution in [1.82, 2.24) is 0 Å². The maximum Gasteiger partial charge on any atom is 0.159 e. The number of anilines is 3. The van der Waals surface area contributed by atoms with Crippen LogP contribution in [0.15, 0.2) is 253 Å². The Bertz CT molecular complexity index is 3980. The van der Waals surface area contributed by atoms with Gasteiger partial charge in [-0.2, -0.15) is 0 Å². The monoisotopic (exact) mass is 839 g/mol. The minimum atomic E-state index is 0.855. The van der Waals surface area contributed by atoms with Crippen LogP contribution in [0.4, 0.5) is 17.1 Å². The Hall–Kier alpha value is -8.72. The largest absolute Gasteiger partial charge is 0.454 e. The molecule has 2 heteroatoms. The summed E-state index contributed by atoms with van der Waals surface area (Å²) in [6.07, 6.45) is 0. The summed E-state index contributed by atoms with van der Waals surface area (Å²) >= 11 is 0. The fourth-order valence-electron chi connectivity index (χ4n) is 10.3. The SMILES string of the molecule is c1ccc(-c2c(-c3ccccc3)c3cc(-c4cccc(N(c5ccc(-c6ccc7c(ccc8ccccc87)c6)cc5)c5cccc6c5oc5ccccc56)c4)ccc3c3ccccc23)cc1. The van der Waals surface area contributed by atoms with Crippen molar-refractivity contribution in [3.63, 3.8) is 0 Å². The van der Waals surface area contributed by atoms with Crippen LogP contribution in [0.25, 0.3) is 110 Å². The molecule has 2 nitrogen and oxygen atoms in total. The van der Waals surface area contributed by atoms with Gasteiger partial charge < -0.3 is 9.32 Å². The number of furan rings is 1. The van der Waals surface area contributed by atoms with Crippen molar-refractivity contribution in [3.05, 3.63) is 249 Å². The van der Waals surface area contributed by atoms with Crippen LogP contribution in [0.2, 0.25) is 0 Å². The molecule has 0 aliphatic carbocycles. The summed E-state index contributed by atoms with van der Waals surface area (Å²) in [4.78, 5) is 2.35.